The van der Waals surface area contributed by atoms with Crippen LogP contribution < -0.4 is 25.3 Å². The fraction of sp³-hybridized carbons (Fsp3) is 0.107. The highest BCUT2D eigenvalue weighted by Gasteiger charge is 2.32. The molecule has 0 aliphatic rings. The Labute approximate surface area is 246 Å². The number of hydrogen-bond donors (Lipinski definition) is 2. The van der Waals surface area contributed by atoms with E-state index in [0.717, 1.165) is 29.8 Å². The van der Waals surface area contributed by atoms with Crippen molar-refractivity contribution in [3.05, 3.63) is 95.6 Å². The second-order valence-electron chi connectivity index (χ2n) is 9.16. The lowest BCUT2D eigenvalue weighted by atomic mass is 9.52. The van der Waals surface area contributed by atoms with Crippen LogP contribution in [0, 0.1) is 12.7 Å². The number of amides is 2. The Morgan fingerprint density at radius 2 is 1.56 bits per heavy atom. The van der Waals surface area contributed by atoms with Crippen LogP contribution in [0.4, 0.5) is 23.2 Å². The summed E-state index contributed by atoms with van der Waals surface area (Å²) in [5, 5.41) is 0.0467. The quantitative estimate of drug-likeness (QED) is 0.217. The van der Waals surface area contributed by atoms with Gasteiger partial charge >= 0.3 is 6.36 Å². The van der Waals surface area contributed by atoms with Crippen molar-refractivity contribution in [3.63, 3.8) is 0 Å². The normalized spacial score (nSPS) is 11.5. The third kappa shape index (κ3) is 8.31. The molecule has 43 heavy (non-hydrogen) atoms. The predicted molar refractivity (Wildman–Crippen MR) is 151 cm³/mol. The Morgan fingerprint density at radius 3 is 2.19 bits per heavy atom. The van der Waals surface area contributed by atoms with Crippen LogP contribution in [0.1, 0.15) is 26.4 Å². The molecular weight excluding hydrogens is 567 g/mol. The zero-order chi connectivity index (χ0) is 31.5. The van der Waals surface area contributed by atoms with Gasteiger partial charge in [-0.1, -0.05) is 29.8 Å². The lowest BCUT2D eigenvalue weighted by Crippen LogP contribution is -2.37. The lowest BCUT2D eigenvalue weighted by Gasteiger charge is -2.25. The smallest absolute Gasteiger partial charge is 0.512 e. The molecule has 0 atom stereocenters. The summed E-state index contributed by atoms with van der Waals surface area (Å²) in [4.78, 5) is 28.6. The first-order chi connectivity index (χ1) is 20.1. The third-order valence-electron chi connectivity index (χ3n) is 5.59. The van der Waals surface area contributed by atoms with Crippen LogP contribution in [0.15, 0.2) is 72.9 Å². The number of carbonyl (C=O) groups excluding carboxylic acids is 2. The first kappa shape index (κ1) is 31.0. The molecule has 1 heterocycles. The number of carbonyl (C=O) groups is 2. The van der Waals surface area contributed by atoms with E-state index in [-0.39, 0.29) is 28.4 Å². The summed E-state index contributed by atoms with van der Waals surface area (Å²) in [6.07, 6.45) is -3.85. The monoisotopic (exact) mass is 585 g/mol. The summed E-state index contributed by atoms with van der Waals surface area (Å²) >= 11 is 0. The number of rotatable bonds is 9. The number of nitrogens with two attached hydrogens (primary N) is 1. The van der Waals surface area contributed by atoms with Crippen molar-refractivity contribution in [1.29, 1.82) is 0 Å². The first-order valence-corrected chi connectivity index (χ1v) is 12.2. The second-order valence-corrected chi connectivity index (χ2v) is 9.16. The van der Waals surface area contributed by atoms with Crippen LogP contribution in [-0.2, 0) is 0 Å². The molecule has 2 amide bonds. The molecule has 0 unspecified atom stereocenters. The predicted octanol–water partition coefficient (Wildman–Crippen LogP) is 4.73. The van der Waals surface area contributed by atoms with Crippen LogP contribution >= 0.6 is 0 Å². The average molecular weight is 585 g/mol. The van der Waals surface area contributed by atoms with Gasteiger partial charge in [0.2, 0.25) is 0 Å². The van der Waals surface area contributed by atoms with Gasteiger partial charge in [0.1, 0.15) is 52.1 Å². The molecule has 15 heteroatoms. The first-order valence-electron chi connectivity index (χ1n) is 12.2. The highest BCUT2D eigenvalue weighted by atomic mass is 19.4. The maximum absolute atomic E-state index is 15.7. The molecule has 0 saturated heterocycles. The van der Waals surface area contributed by atoms with E-state index in [1.807, 2.05) is 6.92 Å². The Morgan fingerprint density at radius 1 is 0.860 bits per heavy atom. The van der Waals surface area contributed by atoms with Crippen molar-refractivity contribution < 1.29 is 41.4 Å². The maximum Gasteiger partial charge on any atom is 0.573 e. The molecular formula is C28H18B3F4N3O5. The number of alkyl halides is 3. The van der Waals surface area contributed by atoms with Gasteiger partial charge in [-0.2, -0.15) is 0 Å². The minimum absolute atomic E-state index is 0.0543. The fourth-order valence-electron chi connectivity index (χ4n) is 3.79. The molecule has 1 aromatic heterocycles. The van der Waals surface area contributed by atoms with Crippen LogP contribution in [0.25, 0.3) is 11.1 Å². The average Bonchev–Trinajstić information content (AvgIpc) is 2.88. The summed E-state index contributed by atoms with van der Waals surface area (Å²) in [7, 11) is 16.5. The second kappa shape index (κ2) is 12.1. The molecule has 0 bridgehead atoms. The maximum atomic E-state index is 15.7. The van der Waals surface area contributed by atoms with E-state index in [2.05, 4.69) is 15.0 Å². The number of aryl methyl sites for hydroxylation is 1. The van der Waals surface area contributed by atoms with Crippen molar-refractivity contribution in [2.75, 3.05) is 5.32 Å². The van der Waals surface area contributed by atoms with Gasteiger partial charge in [-0.05, 0) is 59.7 Å². The van der Waals surface area contributed by atoms with Crippen molar-refractivity contribution in [2.24, 2.45) is 5.73 Å². The van der Waals surface area contributed by atoms with Gasteiger partial charge in [0.25, 0.3) is 11.8 Å². The number of aromatic nitrogens is 1. The topological polar surface area (TPSA) is 113 Å². The number of nitrogens with one attached hydrogen (secondary N) is 1. The van der Waals surface area contributed by atoms with Crippen molar-refractivity contribution >= 4 is 41.0 Å². The molecule has 3 aromatic carbocycles. The van der Waals surface area contributed by atoms with Gasteiger partial charge < -0.3 is 25.3 Å². The number of hydrogen-bond acceptors (Lipinski definition) is 6. The zero-order valence-corrected chi connectivity index (χ0v) is 22.2. The number of benzene rings is 3. The SMILES string of the molecule is [B]C([B])([B])Oc1cc(OC(F)(F)F)ccc1Oc1cc(-c2ccc(C)cc2)cc(F)c1C(=O)Nc1ccnc(C(N)=O)c1. The van der Waals surface area contributed by atoms with E-state index in [1.54, 1.807) is 24.3 Å². The van der Waals surface area contributed by atoms with E-state index in [1.165, 1.54) is 24.4 Å². The summed E-state index contributed by atoms with van der Waals surface area (Å²) in [5.41, 5.74) is 6.28. The molecule has 212 valence electrons. The van der Waals surface area contributed by atoms with Gasteiger partial charge in [0, 0.05) is 18.0 Å². The number of pyridine rings is 1. The highest BCUT2D eigenvalue weighted by molar-refractivity contribution is 6.58. The number of halogens is 4. The summed E-state index contributed by atoms with van der Waals surface area (Å²) in [6.45, 7) is 1.86. The fourth-order valence-corrected chi connectivity index (χ4v) is 3.79. The Balaban J connectivity index is 1.82. The molecule has 0 aliphatic carbocycles. The van der Waals surface area contributed by atoms with Crippen LogP contribution in [-0.4, -0.2) is 52.0 Å². The minimum Gasteiger partial charge on any atom is -0.512 e. The highest BCUT2D eigenvalue weighted by Crippen LogP contribution is 2.40. The summed E-state index contributed by atoms with van der Waals surface area (Å²) < 4.78 is 69.1. The Bertz CT molecular complexity index is 1680. The van der Waals surface area contributed by atoms with Gasteiger partial charge in [-0.15, -0.1) is 13.2 Å². The summed E-state index contributed by atoms with van der Waals surface area (Å²) in [6, 6.07) is 14.5. The molecule has 0 saturated carbocycles. The van der Waals surface area contributed by atoms with E-state index in [4.69, 9.17) is 38.7 Å². The molecule has 4 aromatic rings. The largest absolute Gasteiger partial charge is 0.573 e. The molecule has 8 nitrogen and oxygen atoms in total. The van der Waals surface area contributed by atoms with Crippen molar-refractivity contribution in [2.45, 2.75) is 18.6 Å². The number of primary amides is 1. The Kier molecular flexibility index (Phi) is 8.74. The van der Waals surface area contributed by atoms with Crippen LogP contribution in [0.2, 0.25) is 0 Å². The molecule has 0 fully saturated rings. The Hall–Kier alpha value is -4.94. The van der Waals surface area contributed by atoms with E-state index >= 15 is 4.39 Å². The number of nitrogens with zero attached hydrogens (tertiary/aromatic N) is 1. The van der Waals surface area contributed by atoms with Gasteiger partial charge in [0.15, 0.2) is 11.5 Å². The molecule has 3 N–H and O–H groups in total. The van der Waals surface area contributed by atoms with Gasteiger partial charge in [-0.3, -0.25) is 14.6 Å². The lowest BCUT2D eigenvalue weighted by molar-refractivity contribution is -0.274. The van der Waals surface area contributed by atoms with Gasteiger partial charge in [-0.25, -0.2) is 4.39 Å². The van der Waals surface area contributed by atoms with E-state index in [9.17, 15) is 22.8 Å². The molecule has 0 spiro atoms. The molecule has 0 aliphatic heterocycles. The minimum atomic E-state index is -5.05. The van der Waals surface area contributed by atoms with Crippen LogP contribution in [0.3, 0.4) is 0 Å². The van der Waals surface area contributed by atoms with Crippen molar-refractivity contribution in [3.8, 4) is 34.1 Å². The molecule has 4 rings (SSSR count). The standard InChI is InChI=1S/C28H18B3F4N3O5/c1-14-2-4-15(5-3-14)16-10-19(32)24(26(40)38-17-8-9-37-20(12-17)25(36)39)23(11-16)41-21-7-6-18(42-28(33,34)35)13-22(21)43-27(29,30)31/h2-13H,1H3,(H2,36,39)(H,37,38,40). The summed E-state index contributed by atoms with van der Waals surface area (Å²) in [5.74, 6) is -4.91. The van der Waals surface area contributed by atoms with Gasteiger partial charge in [0.05, 0.1) is 0 Å². The van der Waals surface area contributed by atoms with E-state index in [0.29, 0.717) is 5.56 Å². The number of anilines is 1. The van der Waals surface area contributed by atoms with E-state index < -0.39 is 46.4 Å². The number of ether oxygens (including phenoxy) is 3. The zero-order valence-electron chi connectivity index (χ0n) is 22.2. The third-order valence-corrected chi connectivity index (χ3v) is 5.59. The van der Waals surface area contributed by atoms with Crippen molar-refractivity contribution in [1.82, 2.24) is 4.98 Å². The van der Waals surface area contributed by atoms with Crippen LogP contribution in [0.5, 0.6) is 23.0 Å². The molecule has 6 radical (unpaired) electrons.